The van der Waals surface area contributed by atoms with Crippen LogP contribution in [-0.4, -0.2) is 14.6 Å². The number of fused-ring (bicyclic) bond motifs is 1. The van der Waals surface area contributed by atoms with E-state index in [0.717, 1.165) is 14.7 Å². The third-order valence-corrected chi connectivity index (χ3v) is 4.46. The number of halogens is 1. The number of thioether (sulfide) groups is 1. The second kappa shape index (κ2) is 5.87. The average Bonchev–Trinajstić information content (AvgIpc) is 2.51. The Morgan fingerprint density at radius 3 is 2.76 bits per heavy atom. The average molecular weight is 363 g/mol. The van der Waals surface area contributed by atoms with Crippen molar-refractivity contribution in [1.29, 1.82) is 0 Å². The van der Waals surface area contributed by atoms with Crippen molar-refractivity contribution in [2.45, 2.75) is 10.9 Å². The van der Waals surface area contributed by atoms with Gasteiger partial charge in [-0.15, -0.1) is 0 Å². The van der Waals surface area contributed by atoms with Crippen LogP contribution in [0.4, 0.5) is 0 Å². The maximum Gasteiger partial charge on any atom is 0.280 e. The van der Waals surface area contributed by atoms with Gasteiger partial charge in [0.1, 0.15) is 0 Å². The molecule has 3 rings (SSSR count). The van der Waals surface area contributed by atoms with Crippen molar-refractivity contribution in [3.8, 4) is 0 Å². The molecule has 0 aliphatic rings. The zero-order valence-electron chi connectivity index (χ0n) is 10.9. The molecular weight excluding hydrogens is 352 g/mol. The molecule has 7 heteroatoms. The Labute approximate surface area is 133 Å². The molecule has 106 valence electrons. The highest BCUT2D eigenvalue weighted by atomic mass is 79.9. The van der Waals surface area contributed by atoms with E-state index in [1.54, 1.807) is 24.5 Å². The molecule has 0 unspecified atom stereocenters. The fourth-order valence-electron chi connectivity index (χ4n) is 1.88. The molecule has 0 amide bonds. The van der Waals surface area contributed by atoms with Gasteiger partial charge in [-0.1, -0.05) is 27.7 Å². The number of nitrogen functional groups attached to an aromatic ring is 1. The number of hydrogen-bond acceptors (Lipinski definition) is 5. The quantitative estimate of drug-likeness (QED) is 0.440. The number of pyridine rings is 1. The van der Waals surface area contributed by atoms with E-state index in [2.05, 4.69) is 25.9 Å². The summed E-state index contributed by atoms with van der Waals surface area (Å²) in [5.41, 5.74) is 1.49. The van der Waals surface area contributed by atoms with E-state index >= 15 is 0 Å². The van der Waals surface area contributed by atoms with Crippen LogP contribution in [0.1, 0.15) is 5.56 Å². The fourth-order valence-corrected chi connectivity index (χ4v) is 3.11. The Balaban J connectivity index is 1.98. The highest BCUT2D eigenvalue weighted by Crippen LogP contribution is 2.22. The molecule has 2 N–H and O–H groups in total. The van der Waals surface area contributed by atoms with Crippen LogP contribution in [0, 0.1) is 0 Å². The van der Waals surface area contributed by atoms with Crippen LogP contribution in [-0.2, 0) is 5.75 Å². The van der Waals surface area contributed by atoms with E-state index in [4.69, 9.17) is 5.84 Å². The molecule has 21 heavy (non-hydrogen) atoms. The van der Waals surface area contributed by atoms with Gasteiger partial charge >= 0.3 is 0 Å². The van der Waals surface area contributed by atoms with Crippen LogP contribution in [0.3, 0.4) is 0 Å². The van der Waals surface area contributed by atoms with Crippen molar-refractivity contribution in [3.05, 3.63) is 63.1 Å². The lowest BCUT2D eigenvalue weighted by Gasteiger charge is -2.08. The summed E-state index contributed by atoms with van der Waals surface area (Å²) in [5, 5.41) is 0.992. The molecule has 3 aromatic rings. The molecule has 2 aromatic heterocycles. The Bertz CT molecular complexity index is 851. The van der Waals surface area contributed by atoms with Crippen molar-refractivity contribution in [3.63, 3.8) is 0 Å². The Morgan fingerprint density at radius 1 is 1.24 bits per heavy atom. The first-order valence-electron chi connectivity index (χ1n) is 6.14. The number of nitrogens with zero attached hydrogens (tertiary/aromatic N) is 3. The van der Waals surface area contributed by atoms with E-state index < -0.39 is 0 Å². The minimum Gasteiger partial charge on any atom is -0.334 e. The second-order valence-corrected chi connectivity index (χ2v) is 6.23. The van der Waals surface area contributed by atoms with Gasteiger partial charge in [0.2, 0.25) is 0 Å². The summed E-state index contributed by atoms with van der Waals surface area (Å²) >= 11 is 4.76. The van der Waals surface area contributed by atoms with Crippen molar-refractivity contribution in [2.75, 3.05) is 5.84 Å². The Morgan fingerprint density at radius 2 is 2.00 bits per heavy atom. The first-order valence-corrected chi connectivity index (χ1v) is 7.92. The van der Waals surface area contributed by atoms with Crippen molar-refractivity contribution < 1.29 is 0 Å². The van der Waals surface area contributed by atoms with E-state index in [9.17, 15) is 4.79 Å². The molecule has 0 fully saturated rings. The molecular formula is C14H11BrN4OS. The number of aromatic nitrogens is 3. The van der Waals surface area contributed by atoms with E-state index in [1.807, 2.05) is 18.2 Å². The van der Waals surface area contributed by atoms with Gasteiger partial charge in [0.15, 0.2) is 5.16 Å². The van der Waals surface area contributed by atoms with Gasteiger partial charge in [0.05, 0.1) is 10.9 Å². The van der Waals surface area contributed by atoms with Crippen LogP contribution < -0.4 is 11.4 Å². The molecule has 0 radical (unpaired) electrons. The van der Waals surface area contributed by atoms with Gasteiger partial charge in [0.25, 0.3) is 5.56 Å². The summed E-state index contributed by atoms with van der Waals surface area (Å²) in [4.78, 5) is 20.7. The zero-order valence-corrected chi connectivity index (χ0v) is 13.3. The van der Waals surface area contributed by atoms with Crippen LogP contribution in [0.2, 0.25) is 0 Å². The van der Waals surface area contributed by atoms with Gasteiger partial charge in [-0.3, -0.25) is 9.78 Å². The van der Waals surface area contributed by atoms with Crippen LogP contribution in [0.25, 0.3) is 10.9 Å². The third kappa shape index (κ3) is 2.93. The van der Waals surface area contributed by atoms with Gasteiger partial charge in [-0.2, -0.15) is 0 Å². The standard InChI is InChI=1S/C14H11BrN4OS/c15-10-1-2-12-11(7-10)13(20)19(16)14(18-12)21-8-9-3-5-17-6-4-9/h1-7H,8,16H2. The van der Waals surface area contributed by atoms with Gasteiger partial charge < -0.3 is 5.84 Å². The van der Waals surface area contributed by atoms with E-state index in [0.29, 0.717) is 21.8 Å². The summed E-state index contributed by atoms with van der Waals surface area (Å²) in [6, 6.07) is 9.23. The normalized spacial score (nSPS) is 10.9. The van der Waals surface area contributed by atoms with Crippen molar-refractivity contribution in [2.24, 2.45) is 0 Å². The molecule has 1 aromatic carbocycles. The second-order valence-electron chi connectivity index (χ2n) is 4.38. The molecule has 0 aliphatic carbocycles. The minimum atomic E-state index is -0.251. The Kier molecular flexibility index (Phi) is 3.94. The highest BCUT2D eigenvalue weighted by molar-refractivity contribution is 9.10. The maximum atomic E-state index is 12.3. The number of rotatable bonds is 3. The fraction of sp³-hybridized carbons (Fsp3) is 0.0714. The van der Waals surface area contributed by atoms with Crippen molar-refractivity contribution >= 4 is 38.6 Å². The number of hydrogen-bond donors (Lipinski definition) is 1. The summed E-state index contributed by atoms with van der Waals surface area (Å²) < 4.78 is 1.92. The predicted octanol–water partition coefficient (Wildman–Crippen LogP) is 2.56. The SMILES string of the molecule is Nn1c(SCc2ccncc2)nc2ccc(Br)cc2c1=O. The largest absolute Gasteiger partial charge is 0.334 e. The van der Waals surface area contributed by atoms with Crippen LogP contribution >= 0.6 is 27.7 Å². The van der Waals surface area contributed by atoms with Crippen molar-refractivity contribution in [1.82, 2.24) is 14.6 Å². The summed E-state index contributed by atoms with van der Waals surface area (Å²) in [6.07, 6.45) is 3.47. The van der Waals surface area contributed by atoms with Gasteiger partial charge in [0, 0.05) is 22.6 Å². The minimum absolute atomic E-state index is 0.251. The first-order chi connectivity index (χ1) is 10.1. The van der Waals surface area contributed by atoms with E-state index in [-0.39, 0.29) is 5.56 Å². The highest BCUT2D eigenvalue weighted by Gasteiger charge is 2.10. The Hall–Kier alpha value is -1.86. The lowest BCUT2D eigenvalue weighted by atomic mass is 10.2. The van der Waals surface area contributed by atoms with Gasteiger partial charge in [-0.25, -0.2) is 9.66 Å². The predicted molar refractivity (Wildman–Crippen MR) is 87.7 cm³/mol. The molecule has 0 atom stereocenters. The molecule has 0 bridgehead atoms. The van der Waals surface area contributed by atoms with Gasteiger partial charge in [-0.05, 0) is 35.9 Å². The molecule has 0 spiro atoms. The van der Waals surface area contributed by atoms with E-state index in [1.165, 1.54) is 11.8 Å². The van der Waals surface area contributed by atoms with Crippen LogP contribution in [0.5, 0.6) is 0 Å². The summed E-state index contributed by atoms with van der Waals surface area (Å²) in [6.45, 7) is 0. The topological polar surface area (TPSA) is 73.8 Å². The molecule has 5 nitrogen and oxygen atoms in total. The monoisotopic (exact) mass is 362 g/mol. The number of benzene rings is 1. The third-order valence-electron chi connectivity index (χ3n) is 2.95. The molecule has 2 heterocycles. The molecule has 0 aliphatic heterocycles. The zero-order chi connectivity index (χ0) is 14.8. The summed E-state index contributed by atoms with van der Waals surface area (Å²) in [7, 11) is 0. The number of nitrogens with two attached hydrogens (primary N) is 1. The first kappa shape index (κ1) is 14.1. The molecule has 0 saturated carbocycles. The lowest BCUT2D eigenvalue weighted by Crippen LogP contribution is -2.29. The molecule has 0 saturated heterocycles. The summed E-state index contributed by atoms with van der Waals surface area (Å²) in [5.74, 6) is 6.53. The van der Waals surface area contributed by atoms with Crippen LogP contribution in [0.15, 0.2) is 57.1 Å². The maximum absolute atomic E-state index is 12.3. The smallest absolute Gasteiger partial charge is 0.280 e. The lowest BCUT2D eigenvalue weighted by molar-refractivity contribution is 0.779.